The number of carbonyl (C=O) groups excluding carboxylic acids is 1. The molecule has 0 bridgehead atoms. The number of nitrogens with one attached hydrogen (secondary N) is 1. The lowest BCUT2D eigenvalue weighted by Gasteiger charge is -2.19. The Morgan fingerprint density at radius 2 is 1.97 bits per heavy atom. The highest BCUT2D eigenvalue weighted by Crippen LogP contribution is 2.42. The Morgan fingerprint density at radius 3 is 2.62 bits per heavy atom. The molecule has 1 saturated carbocycles. The van der Waals surface area contributed by atoms with Crippen LogP contribution < -0.4 is 5.32 Å². The third-order valence-electron chi connectivity index (χ3n) is 6.31. The molecule has 1 amide bonds. The molecule has 2 heterocycles. The minimum Gasteiger partial charge on any atom is -0.447 e. The highest BCUT2D eigenvalue weighted by atomic mass is 16.6. The van der Waals surface area contributed by atoms with Crippen molar-refractivity contribution in [3.63, 3.8) is 0 Å². The first-order valence-electron chi connectivity index (χ1n) is 11.7. The summed E-state index contributed by atoms with van der Waals surface area (Å²) in [5.74, 6) is 0. The lowest BCUT2D eigenvalue weighted by Crippen LogP contribution is -2.17. The first-order chi connectivity index (χ1) is 16.5. The van der Waals surface area contributed by atoms with Crippen LogP contribution in [-0.4, -0.2) is 26.5 Å². The van der Waals surface area contributed by atoms with E-state index in [1.807, 2.05) is 67.2 Å². The molecule has 34 heavy (non-hydrogen) atoms. The second-order valence-electron chi connectivity index (χ2n) is 8.95. The fourth-order valence-corrected chi connectivity index (χ4v) is 4.87. The summed E-state index contributed by atoms with van der Waals surface area (Å²) in [6.07, 6.45) is 7.57. The maximum Gasteiger partial charge on any atom is 0.411 e. The molecule has 1 aliphatic rings. The molecular weight excluding hydrogens is 426 g/mol. The van der Waals surface area contributed by atoms with Crippen LogP contribution in [0.3, 0.4) is 0 Å². The van der Waals surface area contributed by atoms with Crippen molar-refractivity contribution >= 4 is 22.7 Å². The quantitative estimate of drug-likeness (QED) is 0.363. The number of nitrogens with zero attached hydrogens (tertiary/aromatic N) is 4. The van der Waals surface area contributed by atoms with E-state index in [4.69, 9.17) is 4.74 Å². The second kappa shape index (κ2) is 9.06. The van der Waals surface area contributed by atoms with Crippen LogP contribution >= 0.6 is 0 Å². The minimum atomic E-state index is -0.480. The van der Waals surface area contributed by atoms with Crippen molar-refractivity contribution in [2.45, 2.75) is 51.7 Å². The Morgan fingerprint density at radius 1 is 1.21 bits per heavy atom. The van der Waals surface area contributed by atoms with Crippen molar-refractivity contribution in [1.82, 2.24) is 14.3 Å². The third kappa shape index (κ3) is 4.03. The Hall–Kier alpha value is -4.05. The zero-order valence-electron chi connectivity index (χ0n) is 19.4. The van der Waals surface area contributed by atoms with Gasteiger partial charge in [0.25, 0.3) is 0 Å². The third-order valence-corrected chi connectivity index (χ3v) is 6.31. The predicted molar refractivity (Wildman–Crippen MR) is 134 cm³/mol. The standard InChI is InChI=1S/C27H27N5O2.H2/c1-18(2)34-27(33)30-20-10-8-19(9-11-20)26-24(17-28)23-13-12-22(31-15-5-14-29-31)16-25(23)32(26)21-6-3-4-7-21;/h5,8-16,18,21H,3-4,6-7H2,1-2H3,(H,30,33);1H. The van der Waals surface area contributed by atoms with E-state index in [9.17, 15) is 10.1 Å². The minimum absolute atomic E-state index is 0. The van der Waals surface area contributed by atoms with Gasteiger partial charge in [0.15, 0.2) is 0 Å². The van der Waals surface area contributed by atoms with Crippen LogP contribution in [0.4, 0.5) is 10.5 Å². The van der Waals surface area contributed by atoms with E-state index < -0.39 is 6.09 Å². The van der Waals surface area contributed by atoms with Gasteiger partial charge in [0.2, 0.25) is 0 Å². The molecule has 0 atom stereocenters. The Balaban J connectivity index is 0.00000289. The predicted octanol–water partition coefficient (Wildman–Crippen LogP) is 6.68. The summed E-state index contributed by atoms with van der Waals surface area (Å²) in [6.45, 7) is 3.62. The van der Waals surface area contributed by atoms with E-state index in [-0.39, 0.29) is 7.53 Å². The number of hydrogen-bond donors (Lipinski definition) is 1. The average Bonchev–Trinajstić information content (AvgIpc) is 3.58. The number of ether oxygens (including phenoxy) is 1. The number of rotatable bonds is 5. The van der Waals surface area contributed by atoms with Gasteiger partial charge in [-0.05, 0) is 68.7 Å². The molecule has 0 saturated heterocycles. The van der Waals surface area contributed by atoms with Gasteiger partial charge < -0.3 is 9.30 Å². The lowest BCUT2D eigenvalue weighted by molar-refractivity contribution is 0.130. The molecule has 1 fully saturated rings. The lowest BCUT2D eigenvalue weighted by atomic mass is 10.0. The average molecular weight is 456 g/mol. The van der Waals surface area contributed by atoms with E-state index in [0.717, 1.165) is 40.7 Å². The summed E-state index contributed by atoms with van der Waals surface area (Å²) in [5.41, 5.74) is 5.22. The normalized spacial score (nSPS) is 13.9. The number of fused-ring (bicyclic) bond motifs is 1. The number of nitriles is 1. The molecule has 2 aromatic heterocycles. The topological polar surface area (TPSA) is 84.9 Å². The number of carbonyl (C=O) groups is 1. The fourth-order valence-electron chi connectivity index (χ4n) is 4.87. The summed E-state index contributed by atoms with van der Waals surface area (Å²) in [4.78, 5) is 12.0. The van der Waals surface area contributed by atoms with Crippen molar-refractivity contribution in [2.24, 2.45) is 0 Å². The molecule has 1 aliphatic carbocycles. The number of hydrogen-bond acceptors (Lipinski definition) is 4. The Kier molecular flexibility index (Phi) is 5.81. The molecule has 0 unspecified atom stereocenters. The van der Waals surface area contributed by atoms with E-state index in [0.29, 0.717) is 17.3 Å². The maximum absolute atomic E-state index is 12.0. The van der Waals surface area contributed by atoms with E-state index in [1.54, 1.807) is 6.20 Å². The zero-order valence-corrected chi connectivity index (χ0v) is 19.4. The second-order valence-corrected chi connectivity index (χ2v) is 8.95. The molecule has 2 aromatic carbocycles. The van der Waals surface area contributed by atoms with Crippen LogP contribution in [0, 0.1) is 11.3 Å². The van der Waals surface area contributed by atoms with Gasteiger partial charge in [0.05, 0.1) is 28.6 Å². The smallest absolute Gasteiger partial charge is 0.411 e. The SMILES string of the molecule is CC(C)OC(=O)Nc1ccc(-c2c(C#N)c3ccc(-n4cccn4)cc3n2C2CCCC2)cc1.[HH]. The van der Waals surface area contributed by atoms with Crippen molar-refractivity contribution in [3.8, 4) is 23.0 Å². The van der Waals surface area contributed by atoms with Gasteiger partial charge in [-0.3, -0.25) is 5.32 Å². The van der Waals surface area contributed by atoms with Crippen molar-refractivity contribution in [3.05, 3.63) is 66.5 Å². The fraction of sp³-hybridized carbons (Fsp3) is 0.296. The van der Waals surface area contributed by atoms with Crippen LogP contribution in [0.15, 0.2) is 60.9 Å². The van der Waals surface area contributed by atoms with Gasteiger partial charge in [0.1, 0.15) is 6.07 Å². The summed E-state index contributed by atoms with van der Waals surface area (Å²) >= 11 is 0. The Bertz CT molecular complexity index is 1360. The molecule has 5 rings (SSSR count). The van der Waals surface area contributed by atoms with Gasteiger partial charge in [0, 0.05) is 30.9 Å². The molecule has 0 aliphatic heterocycles. The highest BCUT2D eigenvalue weighted by molar-refractivity contribution is 5.96. The van der Waals surface area contributed by atoms with Gasteiger partial charge in [-0.15, -0.1) is 0 Å². The summed E-state index contributed by atoms with van der Waals surface area (Å²) in [7, 11) is 0. The number of benzene rings is 2. The van der Waals surface area contributed by atoms with E-state index >= 15 is 0 Å². The van der Waals surface area contributed by atoms with Crippen molar-refractivity contribution < 1.29 is 11.0 Å². The highest BCUT2D eigenvalue weighted by Gasteiger charge is 2.26. The molecule has 7 heteroatoms. The summed E-state index contributed by atoms with van der Waals surface area (Å²) in [6, 6.07) is 18.5. The molecule has 0 spiro atoms. The van der Waals surface area contributed by atoms with Gasteiger partial charge >= 0.3 is 6.09 Å². The van der Waals surface area contributed by atoms with Gasteiger partial charge in [-0.25, -0.2) is 9.48 Å². The zero-order chi connectivity index (χ0) is 23.7. The van der Waals surface area contributed by atoms with Crippen molar-refractivity contribution in [2.75, 3.05) is 5.32 Å². The first-order valence-corrected chi connectivity index (χ1v) is 11.7. The van der Waals surface area contributed by atoms with Crippen LogP contribution in [0.2, 0.25) is 0 Å². The van der Waals surface area contributed by atoms with Crippen LogP contribution in [0.5, 0.6) is 0 Å². The molecule has 4 aromatic rings. The molecule has 7 nitrogen and oxygen atoms in total. The Labute approximate surface area is 200 Å². The molecule has 174 valence electrons. The molecule has 1 N–H and O–H groups in total. The molecular formula is C27H29N5O2. The van der Waals surface area contributed by atoms with E-state index in [1.165, 1.54) is 12.8 Å². The van der Waals surface area contributed by atoms with Crippen LogP contribution in [-0.2, 0) is 4.74 Å². The number of aromatic nitrogens is 3. The van der Waals surface area contributed by atoms with Crippen LogP contribution in [0.1, 0.15) is 52.6 Å². The van der Waals surface area contributed by atoms with Crippen molar-refractivity contribution in [1.29, 1.82) is 5.26 Å². The largest absolute Gasteiger partial charge is 0.447 e. The molecule has 0 radical (unpaired) electrons. The van der Waals surface area contributed by atoms with Crippen LogP contribution in [0.25, 0.3) is 27.8 Å². The monoisotopic (exact) mass is 455 g/mol. The summed E-state index contributed by atoms with van der Waals surface area (Å²) < 4.78 is 9.36. The van der Waals surface area contributed by atoms with Gasteiger partial charge in [-0.1, -0.05) is 25.0 Å². The number of anilines is 1. The van der Waals surface area contributed by atoms with E-state index in [2.05, 4.69) is 27.1 Å². The summed E-state index contributed by atoms with van der Waals surface area (Å²) in [5, 5.41) is 18.3. The number of amides is 1. The maximum atomic E-state index is 12.0. The first kappa shape index (κ1) is 21.8. The van der Waals surface area contributed by atoms with Gasteiger partial charge in [-0.2, -0.15) is 10.4 Å².